The molecule has 0 atom stereocenters. The van der Waals surface area contributed by atoms with E-state index in [-0.39, 0.29) is 22.7 Å². The third-order valence-corrected chi connectivity index (χ3v) is 4.76. The van der Waals surface area contributed by atoms with Crippen molar-refractivity contribution in [2.45, 2.75) is 0 Å². The van der Waals surface area contributed by atoms with Gasteiger partial charge in [-0.25, -0.2) is 0 Å². The Morgan fingerprint density at radius 1 is 1.20 bits per heavy atom. The minimum Gasteiger partial charge on any atom is -0.494 e. The zero-order valence-corrected chi connectivity index (χ0v) is 16.4. The van der Waals surface area contributed by atoms with Crippen LogP contribution in [0.1, 0.15) is 0 Å². The molecule has 1 aliphatic heterocycles. The van der Waals surface area contributed by atoms with E-state index in [4.69, 9.17) is 4.74 Å². The Balaban J connectivity index is 1.66. The van der Waals surface area contributed by atoms with Crippen LogP contribution in [0.25, 0.3) is 0 Å². The Bertz CT molecular complexity index is 992. The largest absolute Gasteiger partial charge is 0.494 e. The van der Waals surface area contributed by atoms with Gasteiger partial charge in [0, 0.05) is 44.1 Å². The van der Waals surface area contributed by atoms with Crippen LogP contribution in [0.4, 0.5) is 17.1 Å². The third kappa shape index (κ3) is 4.86. The maximum Gasteiger partial charge on any atom is 0.273 e. The molecule has 0 unspecified atom stereocenters. The van der Waals surface area contributed by atoms with Gasteiger partial charge in [0.25, 0.3) is 11.6 Å². The van der Waals surface area contributed by atoms with Crippen molar-refractivity contribution in [2.24, 2.45) is 0 Å². The first-order valence-electron chi connectivity index (χ1n) is 9.31. The number of nitriles is 1. The van der Waals surface area contributed by atoms with Crippen molar-refractivity contribution in [3.8, 4) is 11.8 Å². The van der Waals surface area contributed by atoms with E-state index in [9.17, 15) is 20.2 Å². The van der Waals surface area contributed by atoms with Crippen molar-refractivity contribution in [1.82, 2.24) is 4.90 Å². The van der Waals surface area contributed by atoms with Crippen molar-refractivity contribution in [2.75, 3.05) is 43.5 Å². The van der Waals surface area contributed by atoms with E-state index < -0.39 is 10.8 Å². The van der Waals surface area contributed by atoms with E-state index >= 15 is 0 Å². The fourth-order valence-electron chi connectivity index (χ4n) is 3.16. The number of ether oxygens (including phenoxy) is 1. The van der Waals surface area contributed by atoms with Gasteiger partial charge in [-0.3, -0.25) is 14.9 Å². The summed E-state index contributed by atoms with van der Waals surface area (Å²) >= 11 is 0. The molecule has 0 spiro atoms. The number of benzene rings is 2. The molecule has 2 aromatic rings. The minimum atomic E-state index is -0.602. The quantitative estimate of drug-likeness (QED) is 0.339. The topological polar surface area (TPSA) is 112 Å². The second-order valence-corrected chi connectivity index (χ2v) is 6.61. The summed E-state index contributed by atoms with van der Waals surface area (Å²) < 4.78 is 5.12. The van der Waals surface area contributed by atoms with Gasteiger partial charge in [0.05, 0.1) is 23.8 Å². The molecule has 30 heavy (non-hydrogen) atoms. The SMILES string of the molecule is COc1cc([N+](=O)[O-])ccc1NC(=O)/C(C#N)=C\N1CCN(c2ccccc2)CC1. The maximum absolute atomic E-state index is 12.6. The number of hydrogen-bond acceptors (Lipinski definition) is 7. The zero-order valence-electron chi connectivity index (χ0n) is 16.4. The fraction of sp³-hybridized carbons (Fsp3) is 0.238. The summed E-state index contributed by atoms with van der Waals surface area (Å²) in [4.78, 5) is 27.1. The van der Waals surface area contributed by atoms with Gasteiger partial charge in [0.15, 0.2) is 0 Å². The second-order valence-electron chi connectivity index (χ2n) is 6.61. The molecule has 1 saturated heterocycles. The molecule has 1 amide bonds. The molecule has 3 rings (SSSR count). The number of nitro groups is 1. The summed E-state index contributed by atoms with van der Waals surface area (Å²) in [5.41, 5.74) is 1.19. The van der Waals surface area contributed by atoms with Gasteiger partial charge in [-0.1, -0.05) is 18.2 Å². The number of carbonyl (C=O) groups excluding carboxylic acids is 1. The summed E-state index contributed by atoms with van der Waals surface area (Å²) in [6, 6.07) is 15.8. The molecule has 0 aromatic heterocycles. The first-order valence-corrected chi connectivity index (χ1v) is 9.31. The molecular formula is C21H21N5O4. The number of methoxy groups -OCH3 is 1. The first kappa shape index (κ1) is 20.7. The lowest BCUT2D eigenvalue weighted by molar-refractivity contribution is -0.384. The molecule has 0 saturated carbocycles. The van der Waals surface area contributed by atoms with Crippen LogP contribution in [-0.4, -0.2) is 49.0 Å². The van der Waals surface area contributed by atoms with Crippen LogP contribution < -0.4 is 15.0 Å². The van der Waals surface area contributed by atoms with Gasteiger partial charge in [0.2, 0.25) is 0 Å². The standard InChI is InChI=1S/C21H21N5O4/c1-30-20-13-18(26(28)29)7-8-19(20)23-21(27)16(14-22)15-24-9-11-25(12-10-24)17-5-3-2-4-6-17/h2-8,13,15H,9-12H2,1H3,(H,23,27)/b16-15-. The number of rotatable bonds is 6. The van der Waals surface area contributed by atoms with Crippen LogP contribution in [0.15, 0.2) is 60.3 Å². The third-order valence-electron chi connectivity index (χ3n) is 4.76. The highest BCUT2D eigenvalue weighted by Gasteiger charge is 2.19. The Labute approximate surface area is 173 Å². The Kier molecular flexibility index (Phi) is 6.49. The molecule has 0 aliphatic carbocycles. The average Bonchev–Trinajstić information content (AvgIpc) is 2.78. The minimum absolute atomic E-state index is 0.0523. The lowest BCUT2D eigenvalue weighted by Gasteiger charge is -2.35. The van der Waals surface area contributed by atoms with Crippen molar-refractivity contribution in [3.63, 3.8) is 0 Å². The highest BCUT2D eigenvalue weighted by atomic mass is 16.6. The summed E-state index contributed by atoms with van der Waals surface area (Å²) in [5.74, 6) is -0.457. The molecule has 0 radical (unpaired) electrons. The highest BCUT2D eigenvalue weighted by Crippen LogP contribution is 2.29. The number of nitrogens with zero attached hydrogens (tertiary/aromatic N) is 4. The predicted octanol–water partition coefficient (Wildman–Crippen LogP) is 2.77. The maximum atomic E-state index is 12.6. The fourth-order valence-corrected chi connectivity index (χ4v) is 3.16. The first-order chi connectivity index (χ1) is 14.5. The molecule has 9 nitrogen and oxygen atoms in total. The summed E-state index contributed by atoms with van der Waals surface area (Å²) in [7, 11) is 1.35. The number of nitrogens with one attached hydrogen (secondary N) is 1. The van der Waals surface area contributed by atoms with Crippen LogP contribution in [0, 0.1) is 21.4 Å². The number of amides is 1. The van der Waals surface area contributed by atoms with E-state index in [2.05, 4.69) is 22.3 Å². The number of anilines is 2. The number of para-hydroxylation sites is 1. The average molecular weight is 407 g/mol. The van der Waals surface area contributed by atoms with Crippen LogP contribution in [0.2, 0.25) is 0 Å². The van der Waals surface area contributed by atoms with E-state index in [1.54, 1.807) is 6.20 Å². The highest BCUT2D eigenvalue weighted by molar-refractivity contribution is 6.07. The lowest BCUT2D eigenvalue weighted by Crippen LogP contribution is -2.44. The molecule has 2 aromatic carbocycles. The normalized spacial score (nSPS) is 14.1. The summed E-state index contributed by atoms with van der Waals surface area (Å²) in [6.45, 7) is 2.90. The number of carbonyl (C=O) groups is 1. The van der Waals surface area contributed by atoms with Gasteiger partial charge in [-0.05, 0) is 18.2 Å². The van der Waals surface area contributed by atoms with Crippen molar-refractivity contribution >= 4 is 23.0 Å². The van der Waals surface area contributed by atoms with E-state index in [0.29, 0.717) is 13.1 Å². The van der Waals surface area contributed by atoms with Crippen LogP contribution in [-0.2, 0) is 4.79 Å². The van der Waals surface area contributed by atoms with Gasteiger partial charge in [-0.2, -0.15) is 5.26 Å². The van der Waals surface area contributed by atoms with Crippen molar-refractivity contribution < 1.29 is 14.5 Å². The van der Waals surface area contributed by atoms with Gasteiger partial charge < -0.3 is 19.9 Å². The molecular weight excluding hydrogens is 386 g/mol. The molecule has 1 fully saturated rings. The molecule has 0 bridgehead atoms. The summed E-state index contributed by atoms with van der Waals surface area (Å²) in [5, 5.41) is 22.9. The number of non-ortho nitro benzene ring substituents is 1. The molecule has 9 heteroatoms. The van der Waals surface area contributed by atoms with Crippen molar-refractivity contribution in [3.05, 3.63) is 70.4 Å². The molecule has 154 valence electrons. The Morgan fingerprint density at radius 3 is 2.50 bits per heavy atom. The van der Waals surface area contributed by atoms with Crippen LogP contribution >= 0.6 is 0 Å². The van der Waals surface area contributed by atoms with Gasteiger partial charge >= 0.3 is 0 Å². The Hall–Kier alpha value is -4.06. The van der Waals surface area contributed by atoms with Gasteiger partial charge in [-0.15, -0.1) is 0 Å². The lowest BCUT2D eigenvalue weighted by atomic mass is 10.2. The van der Waals surface area contributed by atoms with Gasteiger partial charge in [0.1, 0.15) is 17.4 Å². The van der Waals surface area contributed by atoms with E-state index in [1.165, 1.54) is 25.3 Å². The smallest absolute Gasteiger partial charge is 0.273 e. The predicted molar refractivity (Wildman–Crippen MR) is 112 cm³/mol. The molecule has 1 N–H and O–H groups in total. The Morgan fingerprint density at radius 2 is 1.90 bits per heavy atom. The van der Waals surface area contributed by atoms with E-state index in [0.717, 1.165) is 18.8 Å². The number of piperazine rings is 1. The monoisotopic (exact) mass is 407 g/mol. The summed E-state index contributed by atoms with van der Waals surface area (Å²) in [6.07, 6.45) is 1.55. The van der Waals surface area contributed by atoms with Crippen LogP contribution in [0.5, 0.6) is 5.75 Å². The second kappa shape index (κ2) is 9.43. The number of nitro benzene ring substituents is 1. The van der Waals surface area contributed by atoms with Crippen molar-refractivity contribution in [1.29, 1.82) is 5.26 Å². The molecule has 1 aliphatic rings. The molecule has 1 heterocycles. The van der Waals surface area contributed by atoms with E-state index in [1.807, 2.05) is 29.2 Å². The van der Waals surface area contributed by atoms with Crippen LogP contribution in [0.3, 0.4) is 0 Å². The zero-order chi connectivity index (χ0) is 21.5. The number of hydrogen-bond donors (Lipinski definition) is 1.